The van der Waals surface area contributed by atoms with Gasteiger partial charge in [0.15, 0.2) is 0 Å². The van der Waals surface area contributed by atoms with Crippen LogP contribution in [0.4, 0.5) is 11.4 Å². The van der Waals surface area contributed by atoms with Crippen LogP contribution >= 0.6 is 0 Å². The quantitative estimate of drug-likeness (QED) is 0.644. The predicted molar refractivity (Wildman–Crippen MR) is 126 cm³/mol. The van der Waals surface area contributed by atoms with E-state index < -0.39 is 0 Å². The molecule has 0 saturated carbocycles. The Labute approximate surface area is 189 Å². The molecule has 2 heterocycles. The molecular weight excluding hydrogens is 404 g/mol. The third-order valence-corrected chi connectivity index (χ3v) is 6.31. The van der Waals surface area contributed by atoms with E-state index in [1.54, 1.807) is 12.0 Å². The molecule has 1 atom stereocenters. The van der Waals surface area contributed by atoms with Crippen molar-refractivity contribution in [3.05, 3.63) is 54.6 Å². The average Bonchev–Trinajstić information content (AvgIpc) is 3.24. The van der Waals surface area contributed by atoms with Crippen molar-refractivity contribution in [1.82, 2.24) is 10.2 Å². The number of carbonyl (C=O) groups excluding carboxylic acids is 2. The summed E-state index contributed by atoms with van der Waals surface area (Å²) < 4.78 is 5.49. The minimum absolute atomic E-state index is 0.0160. The van der Waals surface area contributed by atoms with Crippen LogP contribution in [0, 0.1) is 5.92 Å². The summed E-state index contributed by atoms with van der Waals surface area (Å²) in [5.74, 6) is 0.647. The molecule has 0 spiro atoms. The Morgan fingerprint density at radius 3 is 2.50 bits per heavy atom. The molecule has 2 aromatic carbocycles. The fraction of sp³-hybridized carbons (Fsp3) is 0.440. The minimum Gasteiger partial charge on any atom is -0.495 e. The number of anilines is 2. The van der Waals surface area contributed by atoms with E-state index in [4.69, 9.17) is 4.74 Å². The maximum atomic E-state index is 12.6. The lowest BCUT2D eigenvalue weighted by Gasteiger charge is -2.36. The molecule has 2 amide bonds. The summed E-state index contributed by atoms with van der Waals surface area (Å²) in [6.45, 7) is 5.98. The Bertz CT molecular complexity index is 912. The number of rotatable bonds is 8. The van der Waals surface area contributed by atoms with Gasteiger partial charge in [-0.1, -0.05) is 30.3 Å². The first kappa shape index (κ1) is 22.1. The van der Waals surface area contributed by atoms with Crippen LogP contribution in [-0.4, -0.2) is 69.6 Å². The second kappa shape index (κ2) is 10.5. The zero-order valence-corrected chi connectivity index (χ0v) is 18.7. The number of para-hydroxylation sites is 3. The number of methoxy groups -OCH3 is 1. The van der Waals surface area contributed by atoms with Gasteiger partial charge >= 0.3 is 0 Å². The van der Waals surface area contributed by atoms with E-state index in [9.17, 15) is 9.59 Å². The molecular formula is C25H32N4O3. The molecule has 0 radical (unpaired) electrons. The topological polar surface area (TPSA) is 65.1 Å². The van der Waals surface area contributed by atoms with E-state index in [-0.39, 0.29) is 24.2 Å². The summed E-state index contributed by atoms with van der Waals surface area (Å²) >= 11 is 0. The fourth-order valence-electron chi connectivity index (χ4n) is 4.50. The van der Waals surface area contributed by atoms with Gasteiger partial charge in [0, 0.05) is 51.4 Å². The highest BCUT2D eigenvalue weighted by atomic mass is 16.5. The molecule has 1 N–H and O–H groups in total. The Balaban J connectivity index is 1.16. The SMILES string of the molecule is COc1ccccc1N1CCN(CCCNC(=O)C2CC(=O)N(c3ccccc3)C2)CC1. The van der Waals surface area contributed by atoms with Gasteiger partial charge in [-0.2, -0.15) is 0 Å². The highest BCUT2D eigenvalue weighted by Gasteiger charge is 2.34. The van der Waals surface area contributed by atoms with Gasteiger partial charge in [0.25, 0.3) is 0 Å². The number of carbonyl (C=O) groups is 2. The van der Waals surface area contributed by atoms with Crippen molar-refractivity contribution in [1.29, 1.82) is 0 Å². The zero-order valence-electron chi connectivity index (χ0n) is 18.7. The smallest absolute Gasteiger partial charge is 0.227 e. The molecule has 0 bridgehead atoms. The first-order valence-electron chi connectivity index (χ1n) is 11.4. The third-order valence-electron chi connectivity index (χ3n) is 6.31. The second-order valence-electron chi connectivity index (χ2n) is 8.39. The van der Waals surface area contributed by atoms with Crippen molar-refractivity contribution in [2.75, 3.05) is 62.7 Å². The third kappa shape index (κ3) is 5.22. The van der Waals surface area contributed by atoms with Crippen molar-refractivity contribution >= 4 is 23.2 Å². The maximum absolute atomic E-state index is 12.6. The van der Waals surface area contributed by atoms with Crippen LogP contribution in [0.3, 0.4) is 0 Å². The van der Waals surface area contributed by atoms with Crippen LogP contribution in [-0.2, 0) is 9.59 Å². The lowest BCUT2D eigenvalue weighted by molar-refractivity contribution is -0.126. The highest BCUT2D eigenvalue weighted by Crippen LogP contribution is 2.28. The first-order valence-corrected chi connectivity index (χ1v) is 11.4. The molecule has 170 valence electrons. The zero-order chi connectivity index (χ0) is 22.3. The molecule has 7 nitrogen and oxygen atoms in total. The second-order valence-corrected chi connectivity index (χ2v) is 8.39. The number of piperazine rings is 1. The maximum Gasteiger partial charge on any atom is 0.227 e. The van der Waals surface area contributed by atoms with Crippen molar-refractivity contribution in [3.8, 4) is 5.75 Å². The van der Waals surface area contributed by atoms with Crippen molar-refractivity contribution in [2.24, 2.45) is 5.92 Å². The Kier molecular flexibility index (Phi) is 7.27. The van der Waals surface area contributed by atoms with E-state index in [0.29, 0.717) is 13.1 Å². The Morgan fingerprint density at radius 1 is 1.03 bits per heavy atom. The molecule has 2 aliphatic rings. The number of benzene rings is 2. The molecule has 2 fully saturated rings. The lowest BCUT2D eigenvalue weighted by Crippen LogP contribution is -2.47. The van der Waals surface area contributed by atoms with Crippen LogP contribution in [0.1, 0.15) is 12.8 Å². The summed E-state index contributed by atoms with van der Waals surface area (Å²) in [7, 11) is 1.71. The lowest BCUT2D eigenvalue weighted by atomic mass is 10.1. The van der Waals surface area contributed by atoms with Crippen LogP contribution in [0.2, 0.25) is 0 Å². The van der Waals surface area contributed by atoms with E-state index in [1.165, 1.54) is 0 Å². The van der Waals surface area contributed by atoms with E-state index in [1.807, 2.05) is 48.5 Å². The van der Waals surface area contributed by atoms with Gasteiger partial charge in [-0.05, 0) is 37.2 Å². The predicted octanol–water partition coefficient (Wildman–Crippen LogP) is 2.38. The van der Waals surface area contributed by atoms with Crippen molar-refractivity contribution in [3.63, 3.8) is 0 Å². The minimum atomic E-state index is -0.271. The Morgan fingerprint density at radius 2 is 1.75 bits per heavy atom. The number of amides is 2. The van der Waals surface area contributed by atoms with Gasteiger partial charge in [0.2, 0.25) is 11.8 Å². The van der Waals surface area contributed by atoms with Gasteiger partial charge in [-0.25, -0.2) is 0 Å². The molecule has 1 unspecified atom stereocenters. The van der Waals surface area contributed by atoms with Crippen molar-refractivity contribution < 1.29 is 14.3 Å². The molecule has 7 heteroatoms. The number of hydrogen-bond donors (Lipinski definition) is 1. The number of nitrogens with one attached hydrogen (secondary N) is 1. The molecule has 2 saturated heterocycles. The molecule has 4 rings (SSSR count). The van der Waals surface area contributed by atoms with Gasteiger partial charge in [-0.3, -0.25) is 14.5 Å². The molecule has 2 aliphatic heterocycles. The van der Waals surface area contributed by atoms with Crippen LogP contribution in [0.15, 0.2) is 54.6 Å². The van der Waals surface area contributed by atoms with Crippen LogP contribution in [0.5, 0.6) is 5.75 Å². The van der Waals surface area contributed by atoms with E-state index in [2.05, 4.69) is 21.2 Å². The largest absolute Gasteiger partial charge is 0.495 e. The average molecular weight is 437 g/mol. The Hall–Kier alpha value is -3.06. The van der Waals surface area contributed by atoms with Gasteiger partial charge in [-0.15, -0.1) is 0 Å². The van der Waals surface area contributed by atoms with Crippen molar-refractivity contribution in [2.45, 2.75) is 12.8 Å². The first-order chi connectivity index (χ1) is 15.7. The summed E-state index contributed by atoms with van der Waals surface area (Å²) in [4.78, 5) is 31.4. The van der Waals surface area contributed by atoms with E-state index in [0.717, 1.165) is 56.3 Å². The molecule has 0 aliphatic carbocycles. The molecule has 0 aromatic heterocycles. The van der Waals surface area contributed by atoms with Gasteiger partial charge in [0.05, 0.1) is 18.7 Å². The standard InChI is InChI=1S/C25H32N4O3/c1-32-23-11-6-5-10-22(23)28-16-14-27(15-17-28)13-7-12-26-25(31)20-18-24(30)29(19-20)21-8-3-2-4-9-21/h2-6,8-11,20H,7,12-19H2,1H3,(H,26,31). The van der Waals surface area contributed by atoms with Gasteiger partial charge in [0.1, 0.15) is 5.75 Å². The number of ether oxygens (including phenoxy) is 1. The number of hydrogen-bond acceptors (Lipinski definition) is 5. The highest BCUT2D eigenvalue weighted by molar-refractivity contribution is 6.00. The normalized spacial score (nSPS) is 19.3. The van der Waals surface area contributed by atoms with E-state index >= 15 is 0 Å². The fourth-order valence-corrected chi connectivity index (χ4v) is 4.50. The summed E-state index contributed by atoms with van der Waals surface area (Å²) in [6.07, 6.45) is 1.19. The van der Waals surface area contributed by atoms with Crippen LogP contribution < -0.4 is 19.9 Å². The van der Waals surface area contributed by atoms with Gasteiger partial charge < -0.3 is 19.9 Å². The summed E-state index contributed by atoms with van der Waals surface area (Å²) in [6, 6.07) is 17.7. The summed E-state index contributed by atoms with van der Waals surface area (Å²) in [5.41, 5.74) is 2.01. The summed E-state index contributed by atoms with van der Waals surface area (Å²) in [5, 5.41) is 3.04. The molecule has 2 aromatic rings. The monoisotopic (exact) mass is 436 g/mol. The number of nitrogens with zero attached hydrogens (tertiary/aromatic N) is 3. The molecule has 32 heavy (non-hydrogen) atoms. The van der Waals surface area contributed by atoms with Crippen LogP contribution in [0.25, 0.3) is 0 Å².